The number of halogens is 3. The van der Waals surface area contributed by atoms with Gasteiger partial charge in [0.15, 0.2) is 11.7 Å². The van der Waals surface area contributed by atoms with E-state index in [1.807, 2.05) is 31.2 Å². The molecular weight excluding hydrogens is 373 g/mol. The highest BCUT2D eigenvalue weighted by molar-refractivity contribution is 5.93. The quantitative estimate of drug-likeness (QED) is 0.830. The molecule has 1 aromatic heterocycles. The van der Waals surface area contributed by atoms with Crippen LogP contribution in [0.4, 0.5) is 19.0 Å². The standard InChI is InChI=1S/C19H21F3N4O2/c1-2-11-9-16(19(20,21)22)26-17(23-11)10-14(25-26)18(27)24-13-7-8-28-15-6-4-3-5-12(13)15/h3-6,10-11,13,16,23H,2,7-9H2,1H3,(H,24,27)/t11-,13?,16-/m1/s1. The summed E-state index contributed by atoms with van der Waals surface area (Å²) >= 11 is 0. The van der Waals surface area contributed by atoms with Gasteiger partial charge < -0.3 is 15.4 Å². The number of fused-ring (bicyclic) bond motifs is 2. The average molecular weight is 394 g/mol. The molecule has 150 valence electrons. The number of carbonyl (C=O) groups excluding carboxylic acids is 1. The molecule has 0 aliphatic carbocycles. The molecule has 0 saturated heterocycles. The fraction of sp³-hybridized carbons (Fsp3) is 0.474. The molecule has 0 radical (unpaired) electrons. The summed E-state index contributed by atoms with van der Waals surface area (Å²) in [7, 11) is 0. The number of carbonyl (C=O) groups is 1. The van der Waals surface area contributed by atoms with E-state index in [-0.39, 0.29) is 30.0 Å². The summed E-state index contributed by atoms with van der Waals surface area (Å²) in [4.78, 5) is 12.7. The first-order valence-electron chi connectivity index (χ1n) is 9.32. The molecule has 3 atom stereocenters. The van der Waals surface area contributed by atoms with Crippen LogP contribution in [0.1, 0.15) is 54.3 Å². The summed E-state index contributed by atoms with van der Waals surface area (Å²) in [6.07, 6.45) is -3.40. The van der Waals surface area contributed by atoms with Crippen molar-refractivity contribution in [3.05, 3.63) is 41.6 Å². The van der Waals surface area contributed by atoms with Gasteiger partial charge in [0.05, 0.1) is 12.6 Å². The van der Waals surface area contributed by atoms with Crippen molar-refractivity contribution >= 4 is 11.7 Å². The molecule has 2 N–H and O–H groups in total. The highest BCUT2D eigenvalue weighted by atomic mass is 19.4. The molecule has 0 spiro atoms. The van der Waals surface area contributed by atoms with Gasteiger partial charge in [0.2, 0.25) is 0 Å². The van der Waals surface area contributed by atoms with Crippen LogP contribution in [0.25, 0.3) is 0 Å². The molecular formula is C19H21F3N4O2. The maximum absolute atomic E-state index is 13.5. The maximum Gasteiger partial charge on any atom is 0.410 e. The molecule has 1 unspecified atom stereocenters. The lowest BCUT2D eigenvalue weighted by atomic mass is 10.0. The van der Waals surface area contributed by atoms with E-state index in [9.17, 15) is 18.0 Å². The van der Waals surface area contributed by atoms with Crippen molar-refractivity contribution in [2.45, 2.75) is 50.5 Å². The second-order valence-electron chi connectivity index (χ2n) is 7.10. The third-order valence-corrected chi connectivity index (χ3v) is 5.26. The van der Waals surface area contributed by atoms with E-state index >= 15 is 0 Å². The Kier molecular flexibility index (Phi) is 4.68. The minimum atomic E-state index is -4.43. The van der Waals surface area contributed by atoms with Crippen LogP contribution >= 0.6 is 0 Å². The van der Waals surface area contributed by atoms with Gasteiger partial charge >= 0.3 is 6.18 Å². The second-order valence-corrected chi connectivity index (χ2v) is 7.10. The van der Waals surface area contributed by atoms with E-state index in [1.165, 1.54) is 6.07 Å². The zero-order chi connectivity index (χ0) is 19.9. The smallest absolute Gasteiger partial charge is 0.410 e. The van der Waals surface area contributed by atoms with Crippen LogP contribution in [-0.2, 0) is 0 Å². The summed E-state index contributed by atoms with van der Waals surface area (Å²) in [6.45, 7) is 2.28. The van der Waals surface area contributed by atoms with Gasteiger partial charge in [-0.05, 0) is 18.9 Å². The van der Waals surface area contributed by atoms with Gasteiger partial charge in [0.25, 0.3) is 5.91 Å². The van der Waals surface area contributed by atoms with Crippen LogP contribution < -0.4 is 15.4 Å². The molecule has 9 heteroatoms. The molecule has 4 rings (SSSR count). The van der Waals surface area contributed by atoms with Crippen molar-refractivity contribution in [2.24, 2.45) is 0 Å². The number of aromatic nitrogens is 2. The predicted octanol–water partition coefficient (Wildman–Crippen LogP) is 3.83. The van der Waals surface area contributed by atoms with Gasteiger partial charge in [-0.1, -0.05) is 25.1 Å². The van der Waals surface area contributed by atoms with E-state index in [1.54, 1.807) is 0 Å². The Morgan fingerprint density at radius 2 is 2.18 bits per heavy atom. The van der Waals surface area contributed by atoms with Gasteiger partial charge in [0.1, 0.15) is 11.6 Å². The third kappa shape index (κ3) is 3.41. The number of nitrogens with zero attached hydrogens (tertiary/aromatic N) is 2. The fourth-order valence-electron chi connectivity index (χ4n) is 3.75. The van der Waals surface area contributed by atoms with Gasteiger partial charge in [-0.2, -0.15) is 18.3 Å². The molecule has 2 aliphatic rings. The van der Waals surface area contributed by atoms with Crippen molar-refractivity contribution in [2.75, 3.05) is 11.9 Å². The van der Waals surface area contributed by atoms with Crippen molar-refractivity contribution in [1.29, 1.82) is 0 Å². The number of benzene rings is 1. The molecule has 28 heavy (non-hydrogen) atoms. The van der Waals surface area contributed by atoms with E-state index in [0.717, 1.165) is 10.2 Å². The number of hydrogen-bond donors (Lipinski definition) is 2. The first kappa shape index (κ1) is 18.6. The number of hydrogen-bond acceptors (Lipinski definition) is 4. The van der Waals surface area contributed by atoms with Gasteiger partial charge in [-0.25, -0.2) is 4.68 Å². The lowest BCUT2D eigenvalue weighted by Gasteiger charge is -2.32. The molecule has 2 aromatic rings. The largest absolute Gasteiger partial charge is 0.493 e. The molecule has 6 nitrogen and oxygen atoms in total. The van der Waals surface area contributed by atoms with E-state index in [0.29, 0.717) is 25.2 Å². The number of rotatable bonds is 3. The lowest BCUT2D eigenvalue weighted by molar-refractivity contribution is -0.173. The maximum atomic E-state index is 13.5. The van der Waals surface area contributed by atoms with Gasteiger partial charge in [-0.15, -0.1) is 0 Å². The molecule has 0 saturated carbocycles. The van der Waals surface area contributed by atoms with Gasteiger partial charge in [-0.3, -0.25) is 4.79 Å². The Bertz CT molecular complexity index is 880. The first-order chi connectivity index (χ1) is 13.4. The lowest BCUT2D eigenvalue weighted by Crippen LogP contribution is -2.39. The van der Waals surface area contributed by atoms with E-state index < -0.39 is 18.1 Å². The number of alkyl halides is 3. The number of ether oxygens (including phenoxy) is 1. The second kappa shape index (κ2) is 7.03. The van der Waals surface area contributed by atoms with Crippen LogP contribution in [-0.4, -0.2) is 34.5 Å². The minimum absolute atomic E-state index is 0.0301. The van der Waals surface area contributed by atoms with Crippen LogP contribution in [0, 0.1) is 0 Å². The summed E-state index contributed by atoms with van der Waals surface area (Å²) in [5.74, 6) is 0.421. The highest BCUT2D eigenvalue weighted by Crippen LogP contribution is 2.40. The number of anilines is 1. The summed E-state index contributed by atoms with van der Waals surface area (Å²) in [5, 5.41) is 9.90. The molecule has 1 amide bonds. The van der Waals surface area contributed by atoms with Crippen molar-refractivity contribution in [1.82, 2.24) is 15.1 Å². The Morgan fingerprint density at radius 1 is 1.39 bits per heavy atom. The fourth-order valence-corrected chi connectivity index (χ4v) is 3.75. The summed E-state index contributed by atoms with van der Waals surface area (Å²) in [5.41, 5.74) is 0.820. The number of para-hydroxylation sites is 1. The van der Waals surface area contributed by atoms with Crippen LogP contribution in [0.2, 0.25) is 0 Å². The topological polar surface area (TPSA) is 68.2 Å². The SMILES string of the molecule is CC[C@@H]1C[C@H](C(F)(F)F)n2nc(C(=O)NC3CCOc4ccccc43)cc2N1. The highest BCUT2D eigenvalue weighted by Gasteiger charge is 2.46. The third-order valence-electron chi connectivity index (χ3n) is 5.26. The molecule has 3 heterocycles. The van der Waals surface area contributed by atoms with E-state index in [2.05, 4.69) is 15.7 Å². The molecule has 0 fully saturated rings. The van der Waals surface area contributed by atoms with Crippen molar-refractivity contribution in [3.63, 3.8) is 0 Å². The Labute approximate surface area is 160 Å². The molecule has 0 bridgehead atoms. The average Bonchev–Trinajstić information content (AvgIpc) is 3.10. The minimum Gasteiger partial charge on any atom is -0.493 e. The normalized spacial score (nSPS) is 23.8. The summed E-state index contributed by atoms with van der Waals surface area (Å²) < 4.78 is 46.9. The van der Waals surface area contributed by atoms with Crippen LogP contribution in [0.5, 0.6) is 5.75 Å². The molecule has 2 aliphatic heterocycles. The van der Waals surface area contributed by atoms with Crippen LogP contribution in [0.15, 0.2) is 30.3 Å². The predicted molar refractivity (Wildman–Crippen MR) is 96.4 cm³/mol. The Balaban J connectivity index is 1.58. The number of nitrogens with one attached hydrogen (secondary N) is 2. The zero-order valence-electron chi connectivity index (χ0n) is 15.3. The Hall–Kier alpha value is -2.71. The van der Waals surface area contributed by atoms with Crippen molar-refractivity contribution in [3.8, 4) is 5.75 Å². The molecule has 1 aromatic carbocycles. The Morgan fingerprint density at radius 3 is 2.93 bits per heavy atom. The van der Waals surface area contributed by atoms with E-state index in [4.69, 9.17) is 4.74 Å². The zero-order valence-corrected chi connectivity index (χ0v) is 15.3. The monoisotopic (exact) mass is 394 g/mol. The van der Waals surface area contributed by atoms with Crippen LogP contribution in [0.3, 0.4) is 0 Å². The summed E-state index contributed by atoms with van der Waals surface area (Å²) in [6, 6.07) is 6.46. The first-order valence-corrected chi connectivity index (χ1v) is 9.32. The van der Waals surface area contributed by atoms with Gasteiger partial charge in [0, 0.05) is 24.1 Å². The number of amides is 1. The van der Waals surface area contributed by atoms with Crippen molar-refractivity contribution < 1.29 is 22.7 Å².